The highest BCUT2D eigenvalue weighted by atomic mass is 79.9. The molecule has 1 aromatic carbocycles. The van der Waals surface area contributed by atoms with E-state index in [2.05, 4.69) is 37.0 Å². The van der Waals surface area contributed by atoms with Crippen LogP contribution in [0.3, 0.4) is 0 Å². The first-order valence-electron chi connectivity index (χ1n) is 5.51. The molecule has 2 N–H and O–H groups in total. The van der Waals surface area contributed by atoms with Crippen LogP contribution in [-0.2, 0) is 0 Å². The number of halogens is 2. The lowest BCUT2D eigenvalue weighted by Crippen LogP contribution is -2.01. The van der Waals surface area contributed by atoms with E-state index in [1.54, 1.807) is 10.7 Å². The average molecular weight is 383 g/mol. The predicted octanol–water partition coefficient (Wildman–Crippen LogP) is 4.24. The first kappa shape index (κ1) is 12.5. The van der Waals surface area contributed by atoms with Gasteiger partial charge in [0.2, 0.25) is 0 Å². The van der Waals surface area contributed by atoms with Crippen LogP contribution < -0.4 is 5.73 Å². The number of anilines is 1. The zero-order valence-electron chi connectivity index (χ0n) is 9.68. The minimum Gasteiger partial charge on any atom is -0.448 e. The molecule has 0 saturated heterocycles. The van der Waals surface area contributed by atoms with E-state index >= 15 is 0 Å². The molecule has 0 spiro atoms. The maximum atomic E-state index is 5.99. The third-order valence-electron chi connectivity index (χ3n) is 2.63. The molecule has 0 aliphatic carbocycles. The molecule has 96 valence electrons. The van der Waals surface area contributed by atoms with Crippen LogP contribution in [0, 0.1) is 0 Å². The van der Waals surface area contributed by atoms with E-state index in [-0.39, 0.29) is 0 Å². The minimum atomic E-state index is 0.560. The van der Waals surface area contributed by atoms with Crippen molar-refractivity contribution in [3.8, 4) is 17.1 Å². The molecule has 0 amide bonds. The Morgan fingerprint density at radius 3 is 2.42 bits per heavy atom. The van der Waals surface area contributed by atoms with E-state index in [1.165, 1.54) is 0 Å². The first-order chi connectivity index (χ1) is 9.13. The summed E-state index contributed by atoms with van der Waals surface area (Å²) < 4.78 is 8.83. The molecular weight excluding hydrogens is 374 g/mol. The average Bonchev–Trinajstić information content (AvgIpc) is 2.97. The van der Waals surface area contributed by atoms with Gasteiger partial charge in [0.05, 0.1) is 5.69 Å². The zero-order chi connectivity index (χ0) is 13.4. The van der Waals surface area contributed by atoms with Gasteiger partial charge in [-0.25, -0.2) is 4.68 Å². The summed E-state index contributed by atoms with van der Waals surface area (Å²) in [6, 6.07) is 13.2. The van der Waals surface area contributed by atoms with Gasteiger partial charge >= 0.3 is 0 Å². The zero-order valence-corrected chi connectivity index (χ0v) is 12.8. The second-order valence-electron chi connectivity index (χ2n) is 3.95. The molecule has 0 atom stereocenters. The summed E-state index contributed by atoms with van der Waals surface area (Å²) in [5, 5.41) is 4.46. The number of nitrogen functional groups attached to an aromatic ring is 1. The van der Waals surface area contributed by atoms with Crippen LogP contribution in [0.2, 0.25) is 0 Å². The SMILES string of the molecule is Nc1cc(-c2ccc(Br)o2)nn1-c1ccc(Br)cc1. The summed E-state index contributed by atoms with van der Waals surface area (Å²) >= 11 is 6.67. The largest absolute Gasteiger partial charge is 0.448 e. The summed E-state index contributed by atoms with van der Waals surface area (Å²) in [6.07, 6.45) is 0. The Balaban J connectivity index is 2.04. The molecule has 0 aliphatic heterocycles. The van der Waals surface area contributed by atoms with Crippen molar-refractivity contribution in [2.75, 3.05) is 5.73 Å². The van der Waals surface area contributed by atoms with Gasteiger partial charge in [-0.1, -0.05) is 15.9 Å². The number of rotatable bonds is 2. The summed E-state index contributed by atoms with van der Waals surface area (Å²) in [5.74, 6) is 1.24. The van der Waals surface area contributed by atoms with Gasteiger partial charge in [0.1, 0.15) is 11.5 Å². The standard InChI is InChI=1S/C13H9Br2N3O/c14-8-1-3-9(4-2-8)18-13(16)7-10(17-18)11-5-6-12(15)19-11/h1-7H,16H2. The summed E-state index contributed by atoms with van der Waals surface area (Å²) in [7, 11) is 0. The van der Waals surface area contributed by atoms with Crippen LogP contribution in [-0.4, -0.2) is 9.78 Å². The van der Waals surface area contributed by atoms with Gasteiger partial charge < -0.3 is 10.2 Å². The van der Waals surface area contributed by atoms with E-state index in [0.29, 0.717) is 21.9 Å². The van der Waals surface area contributed by atoms with Crippen molar-refractivity contribution in [2.24, 2.45) is 0 Å². The quantitative estimate of drug-likeness (QED) is 0.721. The van der Waals surface area contributed by atoms with Crippen LogP contribution in [0.15, 0.2) is 56.0 Å². The summed E-state index contributed by atoms with van der Waals surface area (Å²) in [4.78, 5) is 0. The molecule has 2 heterocycles. The Kier molecular flexibility index (Phi) is 3.20. The molecule has 2 aromatic heterocycles. The second-order valence-corrected chi connectivity index (χ2v) is 5.64. The monoisotopic (exact) mass is 381 g/mol. The van der Waals surface area contributed by atoms with E-state index in [0.717, 1.165) is 10.2 Å². The van der Waals surface area contributed by atoms with Gasteiger partial charge in [-0.15, -0.1) is 0 Å². The predicted molar refractivity (Wildman–Crippen MR) is 81.1 cm³/mol. The molecule has 4 nitrogen and oxygen atoms in total. The van der Waals surface area contributed by atoms with Crippen molar-refractivity contribution in [1.82, 2.24) is 9.78 Å². The van der Waals surface area contributed by atoms with Crippen molar-refractivity contribution in [1.29, 1.82) is 0 Å². The normalized spacial score (nSPS) is 10.8. The van der Waals surface area contributed by atoms with Gasteiger partial charge in [-0.05, 0) is 52.3 Å². The van der Waals surface area contributed by atoms with Gasteiger partial charge in [0.15, 0.2) is 10.4 Å². The molecule has 0 fully saturated rings. The molecule has 0 unspecified atom stereocenters. The number of hydrogen-bond acceptors (Lipinski definition) is 3. The van der Waals surface area contributed by atoms with Crippen LogP contribution in [0.25, 0.3) is 17.1 Å². The van der Waals surface area contributed by atoms with Gasteiger partial charge in [0.25, 0.3) is 0 Å². The second kappa shape index (κ2) is 4.86. The molecule has 0 saturated carbocycles. The summed E-state index contributed by atoms with van der Waals surface area (Å²) in [5.41, 5.74) is 7.59. The Morgan fingerprint density at radius 1 is 1.05 bits per heavy atom. The molecule has 3 rings (SSSR count). The van der Waals surface area contributed by atoms with Crippen LogP contribution >= 0.6 is 31.9 Å². The third kappa shape index (κ3) is 2.46. The van der Waals surface area contributed by atoms with E-state index in [9.17, 15) is 0 Å². The maximum Gasteiger partial charge on any atom is 0.169 e. The number of furan rings is 1. The molecule has 19 heavy (non-hydrogen) atoms. The maximum absolute atomic E-state index is 5.99. The molecule has 0 bridgehead atoms. The molecule has 3 aromatic rings. The number of nitrogens with two attached hydrogens (primary N) is 1. The van der Waals surface area contributed by atoms with Crippen molar-refractivity contribution < 1.29 is 4.42 Å². The van der Waals surface area contributed by atoms with E-state index in [4.69, 9.17) is 10.2 Å². The van der Waals surface area contributed by atoms with Crippen molar-refractivity contribution in [3.05, 3.63) is 51.6 Å². The minimum absolute atomic E-state index is 0.560. The Labute approximate surface area is 126 Å². The summed E-state index contributed by atoms with van der Waals surface area (Å²) in [6.45, 7) is 0. The van der Waals surface area contributed by atoms with Gasteiger partial charge in [0, 0.05) is 10.5 Å². The number of benzene rings is 1. The third-order valence-corrected chi connectivity index (χ3v) is 3.59. The van der Waals surface area contributed by atoms with Crippen LogP contribution in [0.1, 0.15) is 0 Å². The molecule has 0 radical (unpaired) electrons. The highest BCUT2D eigenvalue weighted by Gasteiger charge is 2.11. The van der Waals surface area contributed by atoms with Crippen molar-refractivity contribution >= 4 is 37.7 Å². The fourth-order valence-electron chi connectivity index (χ4n) is 1.76. The van der Waals surface area contributed by atoms with Crippen LogP contribution in [0.5, 0.6) is 0 Å². The Hall–Kier alpha value is -1.53. The van der Waals surface area contributed by atoms with Gasteiger partial charge in [-0.2, -0.15) is 5.10 Å². The number of aromatic nitrogens is 2. The number of nitrogens with zero attached hydrogens (tertiary/aromatic N) is 2. The Morgan fingerprint density at radius 2 is 1.79 bits per heavy atom. The fourth-order valence-corrected chi connectivity index (χ4v) is 2.33. The number of hydrogen-bond donors (Lipinski definition) is 1. The molecule has 6 heteroatoms. The lowest BCUT2D eigenvalue weighted by Gasteiger charge is -2.03. The topological polar surface area (TPSA) is 57.0 Å². The highest BCUT2D eigenvalue weighted by Crippen LogP contribution is 2.27. The fraction of sp³-hybridized carbons (Fsp3) is 0. The Bertz CT molecular complexity index is 716. The molecule has 0 aliphatic rings. The lowest BCUT2D eigenvalue weighted by atomic mass is 10.3. The first-order valence-corrected chi connectivity index (χ1v) is 7.09. The smallest absolute Gasteiger partial charge is 0.169 e. The highest BCUT2D eigenvalue weighted by molar-refractivity contribution is 9.10. The lowest BCUT2D eigenvalue weighted by molar-refractivity contribution is 0.553. The van der Waals surface area contributed by atoms with Crippen LogP contribution in [0.4, 0.5) is 5.82 Å². The molecular formula is C13H9Br2N3O. The van der Waals surface area contributed by atoms with E-state index < -0.39 is 0 Å². The van der Waals surface area contributed by atoms with Crippen molar-refractivity contribution in [2.45, 2.75) is 0 Å². The van der Waals surface area contributed by atoms with E-state index in [1.807, 2.05) is 36.4 Å². The van der Waals surface area contributed by atoms with Crippen molar-refractivity contribution in [3.63, 3.8) is 0 Å². The van der Waals surface area contributed by atoms with Gasteiger partial charge in [-0.3, -0.25) is 0 Å².